The van der Waals surface area contributed by atoms with Crippen LogP contribution >= 0.6 is 31.9 Å². The lowest BCUT2D eigenvalue weighted by Gasteiger charge is -2.18. The Morgan fingerprint density at radius 3 is 2.26 bits per heavy atom. The van der Waals surface area contributed by atoms with Gasteiger partial charge in [-0.25, -0.2) is 0 Å². The van der Waals surface area contributed by atoms with E-state index in [0.29, 0.717) is 11.1 Å². The maximum atomic E-state index is 13.2. The molecule has 0 fully saturated rings. The smallest absolute Gasteiger partial charge is 0.259 e. The van der Waals surface area contributed by atoms with E-state index in [1.165, 1.54) is 0 Å². The molecule has 0 aliphatic carbocycles. The van der Waals surface area contributed by atoms with Crippen molar-refractivity contribution in [3.8, 4) is 0 Å². The molecule has 2 amide bonds. The molecule has 35 heavy (non-hydrogen) atoms. The van der Waals surface area contributed by atoms with Crippen molar-refractivity contribution in [3.63, 3.8) is 0 Å². The van der Waals surface area contributed by atoms with Crippen molar-refractivity contribution in [2.75, 3.05) is 19.6 Å². The summed E-state index contributed by atoms with van der Waals surface area (Å²) in [6, 6.07) is 12.0. The molecule has 1 aliphatic rings. The van der Waals surface area contributed by atoms with Crippen LogP contribution in [0.1, 0.15) is 31.4 Å². The number of rotatable bonds is 8. The van der Waals surface area contributed by atoms with E-state index in [-0.39, 0.29) is 11.8 Å². The van der Waals surface area contributed by atoms with Gasteiger partial charge in [0.05, 0.1) is 11.1 Å². The third kappa shape index (κ3) is 4.39. The van der Waals surface area contributed by atoms with Gasteiger partial charge in [0.15, 0.2) is 0 Å². The molecule has 180 valence electrons. The summed E-state index contributed by atoms with van der Waals surface area (Å²) >= 11 is 7.11. The average molecular weight is 598 g/mol. The predicted molar refractivity (Wildman–Crippen MR) is 148 cm³/mol. The van der Waals surface area contributed by atoms with E-state index in [9.17, 15) is 9.59 Å². The summed E-state index contributed by atoms with van der Waals surface area (Å²) in [6.45, 7) is 8.25. The summed E-state index contributed by atoms with van der Waals surface area (Å²) in [5.74, 6) is -0.736. The van der Waals surface area contributed by atoms with Crippen LogP contribution in [0.2, 0.25) is 0 Å². The summed E-state index contributed by atoms with van der Waals surface area (Å²) in [5, 5.41) is 4.37. The standard InChI is InChI=1S/C27H26Br2N4O2/c1-3-32(4-2)10-5-11-33-15-21(19-13-17(29)7-9-23(19)33)25-24(26(34)31-27(25)35)20-14-30-22-8-6-16(28)12-18(20)22/h6-9,12-15,30H,3-5,10-11H2,1-2H3,(H,31,34,35). The quantitative estimate of drug-likeness (QED) is 0.247. The molecule has 0 radical (unpaired) electrons. The van der Waals surface area contributed by atoms with E-state index in [1.807, 2.05) is 42.7 Å². The largest absolute Gasteiger partial charge is 0.361 e. The number of carbonyl (C=O) groups excluding carboxylic acids is 2. The number of imide groups is 1. The van der Waals surface area contributed by atoms with Crippen LogP contribution in [0.4, 0.5) is 0 Å². The van der Waals surface area contributed by atoms with Crippen LogP contribution in [0.25, 0.3) is 33.0 Å². The second-order valence-corrected chi connectivity index (χ2v) is 10.5. The van der Waals surface area contributed by atoms with Gasteiger partial charge in [-0.05, 0) is 62.5 Å². The Morgan fingerprint density at radius 1 is 0.886 bits per heavy atom. The molecule has 1 aliphatic heterocycles. The van der Waals surface area contributed by atoms with Gasteiger partial charge in [0, 0.05) is 60.8 Å². The number of halogens is 2. The van der Waals surface area contributed by atoms with Crippen molar-refractivity contribution in [1.82, 2.24) is 19.8 Å². The van der Waals surface area contributed by atoms with Crippen molar-refractivity contribution >= 4 is 76.6 Å². The Morgan fingerprint density at radius 2 is 1.54 bits per heavy atom. The Balaban J connectivity index is 1.66. The molecule has 8 heteroatoms. The highest BCUT2D eigenvalue weighted by Gasteiger charge is 2.35. The molecule has 6 nitrogen and oxygen atoms in total. The van der Waals surface area contributed by atoms with Gasteiger partial charge in [-0.2, -0.15) is 0 Å². The van der Waals surface area contributed by atoms with Gasteiger partial charge < -0.3 is 14.5 Å². The van der Waals surface area contributed by atoms with Crippen LogP contribution in [0.3, 0.4) is 0 Å². The molecule has 5 rings (SSSR count). The monoisotopic (exact) mass is 596 g/mol. The van der Waals surface area contributed by atoms with Crippen molar-refractivity contribution < 1.29 is 9.59 Å². The van der Waals surface area contributed by atoms with Gasteiger partial charge in [-0.1, -0.05) is 45.7 Å². The third-order valence-corrected chi connectivity index (χ3v) is 7.71. The van der Waals surface area contributed by atoms with E-state index < -0.39 is 0 Å². The number of nitrogens with zero attached hydrogens (tertiary/aromatic N) is 2. The number of aromatic amines is 1. The zero-order valence-electron chi connectivity index (χ0n) is 19.6. The molecule has 0 spiro atoms. The van der Waals surface area contributed by atoms with Crippen LogP contribution in [0.5, 0.6) is 0 Å². The first-order valence-electron chi connectivity index (χ1n) is 11.8. The topological polar surface area (TPSA) is 70.1 Å². The Kier molecular flexibility index (Phi) is 6.70. The second kappa shape index (κ2) is 9.76. The SMILES string of the molecule is CCN(CC)CCCn1cc(C2=C(c3c[nH]c4ccc(Br)cc34)C(=O)NC2=O)c2cc(Br)ccc21. The molecule has 0 bridgehead atoms. The van der Waals surface area contributed by atoms with Gasteiger partial charge in [-0.3, -0.25) is 14.9 Å². The minimum atomic E-state index is -0.372. The van der Waals surface area contributed by atoms with Gasteiger partial charge >= 0.3 is 0 Å². The first-order valence-corrected chi connectivity index (χ1v) is 13.4. The van der Waals surface area contributed by atoms with Crippen LogP contribution < -0.4 is 5.32 Å². The Labute approximate surface area is 220 Å². The number of fused-ring (bicyclic) bond motifs is 2. The molecular formula is C27H26Br2N4O2. The van der Waals surface area contributed by atoms with Crippen LogP contribution in [-0.2, 0) is 16.1 Å². The van der Waals surface area contributed by atoms with Gasteiger partial charge in [-0.15, -0.1) is 0 Å². The molecule has 2 N–H and O–H groups in total. The molecular weight excluding hydrogens is 572 g/mol. The minimum absolute atomic E-state index is 0.364. The number of nitrogens with one attached hydrogen (secondary N) is 2. The minimum Gasteiger partial charge on any atom is -0.361 e. The van der Waals surface area contributed by atoms with Crippen molar-refractivity contribution in [1.29, 1.82) is 0 Å². The van der Waals surface area contributed by atoms with E-state index in [4.69, 9.17) is 0 Å². The highest BCUT2D eigenvalue weighted by molar-refractivity contribution is 9.10. The number of aryl methyl sites for hydroxylation is 1. The third-order valence-electron chi connectivity index (χ3n) is 6.72. The highest BCUT2D eigenvalue weighted by atomic mass is 79.9. The first-order chi connectivity index (χ1) is 16.9. The molecule has 0 saturated carbocycles. The maximum Gasteiger partial charge on any atom is 0.259 e. The Hall–Kier alpha value is -2.68. The number of hydrogen-bond acceptors (Lipinski definition) is 3. The van der Waals surface area contributed by atoms with Gasteiger partial charge in [0.25, 0.3) is 11.8 Å². The van der Waals surface area contributed by atoms with Crippen molar-refractivity contribution in [2.45, 2.75) is 26.8 Å². The number of carbonyl (C=O) groups is 2. The predicted octanol–water partition coefficient (Wildman–Crippen LogP) is 5.95. The summed E-state index contributed by atoms with van der Waals surface area (Å²) in [5.41, 5.74) is 4.26. The molecule has 4 aromatic rings. The first kappa shape index (κ1) is 24.0. The number of benzene rings is 2. The molecule has 3 heterocycles. The highest BCUT2D eigenvalue weighted by Crippen LogP contribution is 2.39. The summed E-state index contributed by atoms with van der Waals surface area (Å²) < 4.78 is 4.04. The Bertz CT molecular complexity index is 1490. The number of H-pyrrole nitrogens is 1. The fourth-order valence-corrected chi connectivity index (χ4v) is 5.65. The lowest BCUT2D eigenvalue weighted by molar-refractivity contribution is -0.122. The van der Waals surface area contributed by atoms with Crippen LogP contribution in [0, 0.1) is 0 Å². The van der Waals surface area contributed by atoms with Gasteiger partial charge in [0.2, 0.25) is 0 Å². The lowest BCUT2D eigenvalue weighted by Crippen LogP contribution is -2.24. The average Bonchev–Trinajstić information content (AvgIpc) is 3.49. The van der Waals surface area contributed by atoms with E-state index in [1.54, 1.807) is 0 Å². The number of aromatic nitrogens is 2. The summed E-state index contributed by atoms with van der Waals surface area (Å²) in [4.78, 5) is 31.9. The second-order valence-electron chi connectivity index (χ2n) is 8.70. The molecule has 0 atom stereocenters. The fourth-order valence-electron chi connectivity index (χ4n) is 4.93. The van der Waals surface area contributed by atoms with Crippen molar-refractivity contribution in [3.05, 3.63) is 68.9 Å². The number of hydrogen-bond donors (Lipinski definition) is 2. The molecule has 2 aromatic heterocycles. The maximum absolute atomic E-state index is 13.2. The van der Waals surface area contributed by atoms with Crippen LogP contribution in [0.15, 0.2) is 57.7 Å². The number of amides is 2. The zero-order chi connectivity index (χ0) is 24.7. The van der Waals surface area contributed by atoms with Crippen LogP contribution in [-0.4, -0.2) is 45.9 Å². The summed E-state index contributed by atoms with van der Waals surface area (Å²) in [7, 11) is 0. The fraction of sp³-hybridized carbons (Fsp3) is 0.259. The normalized spacial score (nSPS) is 14.2. The molecule has 0 unspecified atom stereocenters. The van der Waals surface area contributed by atoms with E-state index in [2.05, 4.69) is 71.5 Å². The summed E-state index contributed by atoms with van der Waals surface area (Å²) in [6.07, 6.45) is 4.83. The lowest BCUT2D eigenvalue weighted by atomic mass is 9.95. The van der Waals surface area contributed by atoms with E-state index in [0.717, 1.165) is 74.5 Å². The van der Waals surface area contributed by atoms with Gasteiger partial charge in [0.1, 0.15) is 0 Å². The molecule has 2 aromatic carbocycles. The van der Waals surface area contributed by atoms with E-state index >= 15 is 0 Å². The zero-order valence-corrected chi connectivity index (χ0v) is 22.8. The molecule has 0 saturated heterocycles. The van der Waals surface area contributed by atoms with Crippen molar-refractivity contribution in [2.24, 2.45) is 0 Å².